The topological polar surface area (TPSA) is 12.0 Å². The zero-order chi connectivity index (χ0) is 12.0. The van der Waals surface area contributed by atoms with Crippen LogP contribution < -0.4 is 5.32 Å². The van der Waals surface area contributed by atoms with Crippen LogP contribution in [0.15, 0.2) is 11.4 Å². The standard InChI is InChI=1S/C14H25NS/c1-5-7-11(3)14(15-8-6-2)13-9-12(4)16-10-13/h9-11,14-15H,5-8H2,1-4H3. The average Bonchev–Trinajstić information content (AvgIpc) is 2.66. The fourth-order valence-electron chi connectivity index (χ4n) is 2.20. The van der Waals surface area contributed by atoms with Gasteiger partial charge in [-0.3, -0.25) is 0 Å². The molecule has 1 rings (SSSR count). The molecular weight excluding hydrogens is 214 g/mol. The molecule has 16 heavy (non-hydrogen) atoms. The van der Waals surface area contributed by atoms with Crippen molar-refractivity contribution in [2.24, 2.45) is 5.92 Å². The van der Waals surface area contributed by atoms with Crippen LogP contribution in [0.1, 0.15) is 56.5 Å². The Balaban J connectivity index is 2.69. The van der Waals surface area contributed by atoms with Gasteiger partial charge in [0.15, 0.2) is 0 Å². The van der Waals surface area contributed by atoms with E-state index in [1.54, 1.807) is 0 Å². The van der Waals surface area contributed by atoms with Gasteiger partial charge in [0.25, 0.3) is 0 Å². The van der Waals surface area contributed by atoms with Crippen LogP contribution in [0.4, 0.5) is 0 Å². The van der Waals surface area contributed by atoms with E-state index in [0.717, 1.165) is 12.5 Å². The van der Waals surface area contributed by atoms with Gasteiger partial charge in [0.2, 0.25) is 0 Å². The summed E-state index contributed by atoms with van der Waals surface area (Å²) in [5, 5.41) is 6.00. The molecule has 0 radical (unpaired) electrons. The minimum Gasteiger partial charge on any atom is -0.310 e. The molecule has 2 atom stereocenters. The molecule has 0 aliphatic carbocycles. The molecule has 0 saturated carbocycles. The SMILES string of the molecule is CCCNC(c1csc(C)c1)C(C)CCC. The first-order chi connectivity index (χ1) is 7.69. The van der Waals surface area contributed by atoms with Gasteiger partial charge in [0.1, 0.15) is 0 Å². The number of aryl methyl sites for hydroxylation is 1. The number of thiophene rings is 1. The highest BCUT2D eigenvalue weighted by Gasteiger charge is 2.18. The molecule has 0 fully saturated rings. The van der Waals surface area contributed by atoms with Crippen molar-refractivity contribution in [3.63, 3.8) is 0 Å². The Kier molecular flexibility index (Phi) is 6.07. The quantitative estimate of drug-likeness (QED) is 0.737. The maximum Gasteiger partial charge on any atom is 0.0354 e. The van der Waals surface area contributed by atoms with Crippen LogP contribution in [0.3, 0.4) is 0 Å². The van der Waals surface area contributed by atoms with Crippen molar-refractivity contribution in [1.29, 1.82) is 0 Å². The summed E-state index contributed by atoms with van der Waals surface area (Å²) in [7, 11) is 0. The molecule has 92 valence electrons. The highest BCUT2D eigenvalue weighted by molar-refractivity contribution is 7.10. The second-order valence-corrected chi connectivity index (χ2v) is 5.80. The molecular formula is C14H25NS. The Bertz CT molecular complexity index is 293. The molecule has 2 heteroatoms. The Morgan fingerprint density at radius 2 is 2.06 bits per heavy atom. The van der Waals surface area contributed by atoms with Crippen LogP contribution in [0.2, 0.25) is 0 Å². The van der Waals surface area contributed by atoms with Gasteiger partial charge in [-0.15, -0.1) is 11.3 Å². The molecule has 0 amide bonds. The zero-order valence-corrected chi connectivity index (χ0v) is 11.9. The van der Waals surface area contributed by atoms with Crippen molar-refractivity contribution in [2.45, 2.75) is 53.0 Å². The number of hydrogen-bond donors (Lipinski definition) is 1. The van der Waals surface area contributed by atoms with E-state index in [1.807, 2.05) is 11.3 Å². The smallest absolute Gasteiger partial charge is 0.0354 e. The molecule has 1 N–H and O–H groups in total. The van der Waals surface area contributed by atoms with Gasteiger partial charge in [-0.05, 0) is 49.2 Å². The van der Waals surface area contributed by atoms with Gasteiger partial charge in [0, 0.05) is 10.9 Å². The predicted molar refractivity (Wildman–Crippen MR) is 74.2 cm³/mol. The number of nitrogens with one attached hydrogen (secondary N) is 1. The largest absolute Gasteiger partial charge is 0.310 e. The fourth-order valence-corrected chi connectivity index (χ4v) is 2.94. The van der Waals surface area contributed by atoms with Crippen molar-refractivity contribution in [1.82, 2.24) is 5.32 Å². The van der Waals surface area contributed by atoms with E-state index in [4.69, 9.17) is 0 Å². The second-order valence-electron chi connectivity index (χ2n) is 4.69. The van der Waals surface area contributed by atoms with E-state index in [0.29, 0.717) is 6.04 Å². The maximum atomic E-state index is 3.69. The van der Waals surface area contributed by atoms with E-state index < -0.39 is 0 Å². The lowest BCUT2D eigenvalue weighted by Crippen LogP contribution is -2.27. The maximum absolute atomic E-state index is 3.69. The lowest BCUT2D eigenvalue weighted by atomic mass is 9.92. The minimum atomic E-state index is 0.546. The first-order valence-corrected chi connectivity index (χ1v) is 7.35. The number of rotatable bonds is 7. The fraction of sp³-hybridized carbons (Fsp3) is 0.714. The third-order valence-corrected chi connectivity index (χ3v) is 3.92. The van der Waals surface area contributed by atoms with Crippen LogP contribution in [0.5, 0.6) is 0 Å². The lowest BCUT2D eigenvalue weighted by molar-refractivity contribution is 0.364. The monoisotopic (exact) mass is 239 g/mol. The van der Waals surface area contributed by atoms with Crippen LogP contribution in [-0.4, -0.2) is 6.54 Å². The summed E-state index contributed by atoms with van der Waals surface area (Å²) >= 11 is 1.86. The van der Waals surface area contributed by atoms with Crippen molar-refractivity contribution in [3.05, 3.63) is 21.9 Å². The molecule has 1 heterocycles. The summed E-state index contributed by atoms with van der Waals surface area (Å²) in [5.41, 5.74) is 1.48. The normalized spacial score (nSPS) is 15.0. The van der Waals surface area contributed by atoms with Gasteiger partial charge in [-0.2, -0.15) is 0 Å². The van der Waals surface area contributed by atoms with E-state index in [1.165, 1.54) is 29.7 Å². The Morgan fingerprint density at radius 1 is 1.31 bits per heavy atom. The van der Waals surface area contributed by atoms with Gasteiger partial charge < -0.3 is 5.32 Å². The van der Waals surface area contributed by atoms with E-state index >= 15 is 0 Å². The highest BCUT2D eigenvalue weighted by Crippen LogP contribution is 2.28. The van der Waals surface area contributed by atoms with Gasteiger partial charge in [-0.1, -0.05) is 27.2 Å². The van der Waals surface area contributed by atoms with Crippen molar-refractivity contribution < 1.29 is 0 Å². The molecule has 2 unspecified atom stereocenters. The molecule has 1 aromatic rings. The molecule has 1 nitrogen and oxygen atoms in total. The molecule has 0 bridgehead atoms. The summed E-state index contributed by atoms with van der Waals surface area (Å²) in [5.74, 6) is 0.727. The van der Waals surface area contributed by atoms with E-state index in [-0.39, 0.29) is 0 Å². The van der Waals surface area contributed by atoms with Crippen LogP contribution in [0, 0.1) is 12.8 Å². The first-order valence-electron chi connectivity index (χ1n) is 6.47. The summed E-state index contributed by atoms with van der Waals surface area (Å²) < 4.78 is 0. The van der Waals surface area contributed by atoms with Crippen molar-refractivity contribution >= 4 is 11.3 Å². The lowest BCUT2D eigenvalue weighted by Gasteiger charge is -2.24. The first kappa shape index (κ1) is 13.7. The summed E-state index contributed by atoms with van der Waals surface area (Å²) in [6.07, 6.45) is 3.78. The zero-order valence-electron chi connectivity index (χ0n) is 11.0. The Labute approximate surface area is 104 Å². The molecule has 1 aromatic heterocycles. The van der Waals surface area contributed by atoms with Gasteiger partial charge in [-0.25, -0.2) is 0 Å². The Morgan fingerprint density at radius 3 is 2.56 bits per heavy atom. The van der Waals surface area contributed by atoms with E-state index in [2.05, 4.69) is 44.5 Å². The molecule has 0 aromatic carbocycles. The Hall–Kier alpha value is -0.340. The highest BCUT2D eigenvalue weighted by atomic mass is 32.1. The third-order valence-electron chi connectivity index (χ3n) is 3.04. The van der Waals surface area contributed by atoms with Gasteiger partial charge >= 0.3 is 0 Å². The van der Waals surface area contributed by atoms with Crippen LogP contribution in [0.25, 0.3) is 0 Å². The summed E-state index contributed by atoms with van der Waals surface area (Å²) in [6.45, 7) is 10.2. The molecule has 0 aliphatic rings. The van der Waals surface area contributed by atoms with E-state index in [9.17, 15) is 0 Å². The predicted octanol–water partition coefficient (Wildman–Crippen LogP) is 4.53. The average molecular weight is 239 g/mol. The molecule has 0 spiro atoms. The molecule has 0 aliphatic heterocycles. The van der Waals surface area contributed by atoms with Gasteiger partial charge in [0.05, 0.1) is 0 Å². The molecule has 0 saturated heterocycles. The summed E-state index contributed by atoms with van der Waals surface area (Å²) in [4.78, 5) is 1.42. The summed E-state index contributed by atoms with van der Waals surface area (Å²) in [6, 6.07) is 2.88. The van der Waals surface area contributed by atoms with Crippen molar-refractivity contribution in [3.8, 4) is 0 Å². The third kappa shape index (κ3) is 3.91. The van der Waals surface area contributed by atoms with Crippen LogP contribution in [-0.2, 0) is 0 Å². The number of hydrogen-bond acceptors (Lipinski definition) is 2. The van der Waals surface area contributed by atoms with Crippen molar-refractivity contribution in [2.75, 3.05) is 6.54 Å². The minimum absolute atomic E-state index is 0.546. The van der Waals surface area contributed by atoms with Crippen LogP contribution >= 0.6 is 11.3 Å². The second kappa shape index (κ2) is 7.08.